The van der Waals surface area contributed by atoms with Gasteiger partial charge in [-0.1, -0.05) is 30.9 Å². The van der Waals surface area contributed by atoms with Crippen LogP contribution < -0.4 is 5.32 Å². The monoisotopic (exact) mass is 513 g/mol. The molecule has 5 rings (SSSR count). The number of aromatic nitrogens is 3. The van der Waals surface area contributed by atoms with Gasteiger partial charge in [0.2, 0.25) is 0 Å². The molecule has 1 saturated heterocycles. The van der Waals surface area contributed by atoms with E-state index in [1.807, 2.05) is 13.1 Å². The molecule has 5 nitrogen and oxygen atoms in total. The summed E-state index contributed by atoms with van der Waals surface area (Å²) in [6.45, 7) is 9.40. The smallest absolute Gasteiger partial charge is 0.176 e. The Balaban J connectivity index is 1.45. The molecule has 0 amide bonds. The van der Waals surface area contributed by atoms with Crippen molar-refractivity contribution in [3.8, 4) is 10.4 Å². The Kier molecular flexibility index (Phi) is 7.63. The summed E-state index contributed by atoms with van der Waals surface area (Å²) in [5.74, 6) is 0.841. The summed E-state index contributed by atoms with van der Waals surface area (Å²) in [6, 6.07) is 9.77. The van der Waals surface area contributed by atoms with E-state index in [2.05, 4.69) is 64.0 Å². The first kappa shape index (κ1) is 25.1. The number of H-pyrrole nitrogens is 1. The molecule has 4 heterocycles. The Labute approximate surface area is 221 Å². The number of allylic oxidation sites excluding steroid dienone is 3. The second kappa shape index (κ2) is 11.2. The molecular weight excluding hydrogens is 481 g/mol. The number of likely N-dealkylation sites (tertiary alicyclic amines) is 1. The van der Waals surface area contributed by atoms with Crippen LogP contribution in [-0.4, -0.2) is 46.5 Å². The number of fused-ring (bicyclic) bond motifs is 1. The number of benzene rings is 1. The van der Waals surface area contributed by atoms with Crippen molar-refractivity contribution in [2.75, 3.05) is 32.0 Å². The van der Waals surface area contributed by atoms with E-state index in [0.29, 0.717) is 6.42 Å². The van der Waals surface area contributed by atoms with Crippen molar-refractivity contribution in [3.05, 3.63) is 95.2 Å². The molecule has 3 aromatic heterocycles. The quantitative estimate of drug-likeness (QED) is 0.235. The molecule has 0 aliphatic carbocycles. The number of aromatic amines is 1. The number of rotatable bonds is 9. The first-order chi connectivity index (χ1) is 18.1. The third-order valence-electron chi connectivity index (χ3n) is 6.87. The van der Waals surface area contributed by atoms with E-state index in [1.54, 1.807) is 18.5 Å². The molecule has 2 N–H and O–H groups in total. The van der Waals surface area contributed by atoms with Gasteiger partial charge in [0.15, 0.2) is 5.13 Å². The minimum absolute atomic E-state index is 0.216. The molecule has 7 heteroatoms. The maximum absolute atomic E-state index is 13.7. The zero-order valence-electron chi connectivity index (χ0n) is 21.4. The Morgan fingerprint density at radius 3 is 2.76 bits per heavy atom. The van der Waals surface area contributed by atoms with Crippen LogP contribution in [0.1, 0.15) is 36.7 Å². The predicted octanol–water partition coefficient (Wildman–Crippen LogP) is 7.07. The minimum atomic E-state index is -0.216. The third-order valence-corrected chi connectivity index (χ3v) is 7.77. The number of imidazole rings is 1. The van der Waals surface area contributed by atoms with Gasteiger partial charge in [-0.25, -0.2) is 4.98 Å². The van der Waals surface area contributed by atoms with Crippen LogP contribution in [0.15, 0.2) is 73.1 Å². The highest BCUT2D eigenvalue weighted by Crippen LogP contribution is 2.32. The molecule has 190 valence electrons. The first-order valence-corrected chi connectivity index (χ1v) is 13.5. The van der Waals surface area contributed by atoms with Crippen LogP contribution in [0, 0.1) is 5.13 Å². The van der Waals surface area contributed by atoms with Crippen molar-refractivity contribution in [2.24, 2.45) is 0 Å². The average molecular weight is 514 g/mol. The van der Waals surface area contributed by atoms with Gasteiger partial charge in [-0.3, -0.25) is 9.88 Å². The van der Waals surface area contributed by atoms with E-state index in [1.165, 1.54) is 30.1 Å². The number of pyridine rings is 1. The van der Waals surface area contributed by atoms with E-state index < -0.39 is 0 Å². The topological polar surface area (TPSA) is 56.8 Å². The van der Waals surface area contributed by atoms with Crippen LogP contribution in [0.3, 0.4) is 0 Å². The Bertz CT molecular complexity index is 1470. The summed E-state index contributed by atoms with van der Waals surface area (Å²) in [4.78, 5) is 16.0. The highest BCUT2D eigenvalue weighted by Gasteiger charge is 2.15. The van der Waals surface area contributed by atoms with Gasteiger partial charge in [0.05, 0.1) is 11.7 Å². The van der Waals surface area contributed by atoms with E-state index in [9.17, 15) is 4.39 Å². The van der Waals surface area contributed by atoms with Crippen molar-refractivity contribution in [2.45, 2.75) is 26.2 Å². The second-order valence-electron chi connectivity index (χ2n) is 9.32. The zero-order valence-corrected chi connectivity index (χ0v) is 22.2. The molecular formula is C30H32FN5S. The third kappa shape index (κ3) is 5.58. The Morgan fingerprint density at radius 1 is 1.22 bits per heavy atom. The number of hydrogen-bond acceptors (Lipinski definition) is 5. The molecule has 0 saturated carbocycles. The Hall–Kier alpha value is -3.55. The van der Waals surface area contributed by atoms with Crippen LogP contribution in [0.25, 0.3) is 27.0 Å². The molecule has 1 fully saturated rings. The number of nitrogens with one attached hydrogen (secondary N) is 2. The zero-order chi connectivity index (χ0) is 25.8. The number of thiophene rings is 1. The highest BCUT2D eigenvalue weighted by molar-refractivity contribution is 7.14. The summed E-state index contributed by atoms with van der Waals surface area (Å²) < 4.78 is 13.7. The molecule has 1 aromatic carbocycles. The summed E-state index contributed by atoms with van der Waals surface area (Å²) in [6.07, 6.45) is 13.1. The summed E-state index contributed by atoms with van der Waals surface area (Å²) >= 11 is 1.11. The van der Waals surface area contributed by atoms with Gasteiger partial charge in [0.1, 0.15) is 11.3 Å². The fraction of sp³-hybridized carbons (Fsp3) is 0.267. The number of halogens is 1. The SMILES string of the molecule is C=C/C(=C\C(=C/C)c1ccc(NC)c(Cc2nc3c(-c4ccc(F)s4)cncc3[nH]2)c1)CN1CCCC1. The summed E-state index contributed by atoms with van der Waals surface area (Å²) in [5, 5.41) is 3.11. The van der Waals surface area contributed by atoms with Gasteiger partial charge in [-0.2, -0.15) is 4.39 Å². The van der Waals surface area contributed by atoms with Crippen molar-refractivity contribution < 1.29 is 4.39 Å². The van der Waals surface area contributed by atoms with Gasteiger partial charge in [-0.15, -0.1) is 11.3 Å². The lowest BCUT2D eigenvalue weighted by Gasteiger charge is -2.16. The first-order valence-electron chi connectivity index (χ1n) is 12.7. The normalized spacial score (nSPS) is 15.0. The molecule has 0 bridgehead atoms. The molecule has 1 aliphatic heterocycles. The van der Waals surface area contributed by atoms with Crippen molar-refractivity contribution in [1.29, 1.82) is 0 Å². The van der Waals surface area contributed by atoms with Crippen LogP contribution >= 0.6 is 11.3 Å². The van der Waals surface area contributed by atoms with Gasteiger partial charge < -0.3 is 10.3 Å². The average Bonchev–Trinajstić information content (AvgIpc) is 3.67. The Morgan fingerprint density at radius 2 is 2.05 bits per heavy atom. The van der Waals surface area contributed by atoms with Crippen molar-refractivity contribution in [3.63, 3.8) is 0 Å². The maximum Gasteiger partial charge on any atom is 0.176 e. The van der Waals surface area contributed by atoms with E-state index in [0.717, 1.165) is 75.1 Å². The molecule has 0 atom stereocenters. The number of hydrogen-bond donors (Lipinski definition) is 2. The number of nitrogens with zero attached hydrogens (tertiary/aromatic N) is 3. The lowest BCUT2D eigenvalue weighted by atomic mass is 9.98. The van der Waals surface area contributed by atoms with Gasteiger partial charge in [0.25, 0.3) is 0 Å². The molecule has 4 aromatic rings. The second-order valence-corrected chi connectivity index (χ2v) is 10.4. The summed E-state index contributed by atoms with van der Waals surface area (Å²) in [7, 11) is 1.94. The fourth-order valence-electron chi connectivity index (χ4n) is 4.95. The van der Waals surface area contributed by atoms with E-state index >= 15 is 0 Å². The van der Waals surface area contributed by atoms with Gasteiger partial charge in [-0.05, 0) is 79.4 Å². The molecule has 1 aliphatic rings. The maximum atomic E-state index is 13.7. The molecule has 0 unspecified atom stereocenters. The lowest BCUT2D eigenvalue weighted by molar-refractivity contribution is 0.371. The van der Waals surface area contributed by atoms with Crippen LogP contribution in [-0.2, 0) is 6.42 Å². The van der Waals surface area contributed by atoms with E-state index in [4.69, 9.17) is 4.98 Å². The lowest BCUT2D eigenvalue weighted by Crippen LogP contribution is -2.21. The molecule has 37 heavy (non-hydrogen) atoms. The molecule has 0 spiro atoms. The van der Waals surface area contributed by atoms with Crippen LogP contribution in [0.2, 0.25) is 0 Å². The highest BCUT2D eigenvalue weighted by atomic mass is 32.1. The van der Waals surface area contributed by atoms with Gasteiger partial charge >= 0.3 is 0 Å². The van der Waals surface area contributed by atoms with E-state index in [-0.39, 0.29) is 5.13 Å². The standard InChI is InChI=1S/C30H32FN5S/c1-4-20(19-36-12-6-7-13-36)14-21(5-2)22-8-9-25(32-3)23(15-22)16-29-34-26-18-33-17-24(30(26)35-29)27-10-11-28(31)37-27/h4-5,8-11,14-15,17-18,32H,1,6-7,12-13,16,19H2,2-3H3,(H,34,35)/b20-14+,21-5+. The number of anilines is 1. The van der Waals surface area contributed by atoms with Gasteiger partial charge in [0, 0.05) is 42.3 Å². The summed E-state index contributed by atoms with van der Waals surface area (Å²) in [5.41, 5.74) is 8.26. The van der Waals surface area contributed by atoms with Crippen molar-refractivity contribution >= 4 is 33.6 Å². The minimum Gasteiger partial charge on any atom is -0.388 e. The predicted molar refractivity (Wildman–Crippen MR) is 154 cm³/mol. The molecule has 0 radical (unpaired) electrons. The van der Waals surface area contributed by atoms with Crippen LogP contribution in [0.4, 0.5) is 10.1 Å². The van der Waals surface area contributed by atoms with Crippen molar-refractivity contribution in [1.82, 2.24) is 19.9 Å². The fourth-order valence-corrected chi connectivity index (χ4v) is 5.69. The largest absolute Gasteiger partial charge is 0.388 e. The van der Waals surface area contributed by atoms with Crippen LogP contribution in [0.5, 0.6) is 0 Å².